The third-order valence-corrected chi connectivity index (χ3v) is 6.39. The minimum atomic E-state index is -0.564. The van der Waals surface area contributed by atoms with Gasteiger partial charge in [-0.25, -0.2) is 0 Å². The summed E-state index contributed by atoms with van der Waals surface area (Å²) in [5.41, 5.74) is 3.15. The molecule has 0 unspecified atom stereocenters. The zero-order valence-electron chi connectivity index (χ0n) is 19.5. The van der Waals surface area contributed by atoms with Crippen molar-refractivity contribution in [1.29, 1.82) is 0 Å². The van der Waals surface area contributed by atoms with Crippen molar-refractivity contribution in [3.63, 3.8) is 0 Å². The SMILES string of the molecule is CCc1ccc(CCC(=O)N(Cc2ccc(Cl)cc2Cl)[C@@H](CC)C(=O)N[C@@H](C)CC)cc1. The first-order valence-electron chi connectivity index (χ1n) is 11.4. The molecule has 0 aliphatic rings. The molecule has 0 saturated carbocycles. The Labute approximate surface area is 202 Å². The number of carbonyl (C=O) groups is 2. The zero-order chi connectivity index (χ0) is 23.7. The van der Waals surface area contributed by atoms with E-state index in [2.05, 4.69) is 36.5 Å². The number of amides is 2. The molecule has 1 N–H and O–H groups in total. The minimum absolute atomic E-state index is 0.0460. The molecule has 0 radical (unpaired) electrons. The van der Waals surface area contributed by atoms with Crippen LogP contribution in [0.1, 0.15) is 63.6 Å². The Kier molecular flexibility index (Phi) is 10.5. The van der Waals surface area contributed by atoms with Crippen molar-refractivity contribution < 1.29 is 9.59 Å². The molecule has 2 amide bonds. The Balaban J connectivity index is 2.23. The number of hydrogen-bond acceptors (Lipinski definition) is 2. The number of nitrogens with one attached hydrogen (secondary N) is 1. The van der Waals surface area contributed by atoms with Crippen molar-refractivity contribution >= 4 is 35.0 Å². The summed E-state index contributed by atoms with van der Waals surface area (Å²) in [5.74, 6) is -0.200. The van der Waals surface area contributed by atoms with Crippen LogP contribution in [-0.2, 0) is 29.0 Å². The van der Waals surface area contributed by atoms with E-state index in [4.69, 9.17) is 23.2 Å². The molecule has 2 atom stereocenters. The van der Waals surface area contributed by atoms with Gasteiger partial charge in [0, 0.05) is 29.1 Å². The maximum Gasteiger partial charge on any atom is 0.243 e. The van der Waals surface area contributed by atoms with Gasteiger partial charge in [-0.05, 0) is 61.4 Å². The smallest absolute Gasteiger partial charge is 0.243 e. The summed E-state index contributed by atoms with van der Waals surface area (Å²) in [6.07, 6.45) is 3.27. The largest absolute Gasteiger partial charge is 0.352 e. The normalized spacial score (nSPS) is 12.8. The Morgan fingerprint density at radius 1 is 0.969 bits per heavy atom. The summed E-state index contributed by atoms with van der Waals surface area (Å²) >= 11 is 12.4. The molecular formula is C26H34Cl2N2O2. The topological polar surface area (TPSA) is 49.4 Å². The molecule has 174 valence electrons. The first-order chi connectivity index (χ1) is 15.3. The second-order valence-electron chi connectivity index (χ2n) is 8.17. The van der Waals surface area contributed by atoms with Crippen LogP contribution in [0.4, 0.5) is 0 Å². The quantitative estimate of drug-likeness (QED) is 0.418. The van der Waals surface area contributed by atoms with Gasteiger partial charge in [-0.1, -0.05) is 74.3 Å². The first kappa shape index (κ1) is 26.2. The predicted molar refractivity (Wildman–Crippen MR) is 133 cm³/mol. The van der Waals surface area contributed by atoms with E-state index in [1.165, 1.54) is 5.56 Å². The summed E-state index contributed by atoms with van der Waals surface area (Å²) in [7, 11) is 0. The molecule has 0 heterocycles. The summed E-state index contributed by atoms with van der Waals surface area (Å²) < 4.78 is 0. The lowest BCUT2D eigenvalue weighted by Gasteiger charge is -2.32. The van der Waals surface area contributed by atoms with Crippen molar-refractivity contribution in [2.24, 2.45) is 0 Å². The highest BCUT2D eigenvalue weighted by atomic mass is 35.5. The number of halogens is 2. The van der Waals surface area contributed by atoms with E-state index < -0.39 is 6.04 Å². The van der Waals surface area contributed by atoms with Crippen molar-refractivity contribution in [3.8, 4) is 0 Å². The van der Waals surface area contributed by atoms with E-state index >= 15 is 0 Å². The first-order valence-corrected chi connectivity index (χ1v) is 12.2. The second kappa shape index (κ2) is 12.9. The number of rotatable bonds is 11. The average Bonchev–Trinajstić information content (AvgIpc) is 2.78. The van der Waals surface area contributed by atoms with Crippen LogP contribution in [0.15, 0.2) is 42.5 Å². The van der Waals surface area contributed by atoms with Crippen molar-refractivity contribution in [2.75, 3.05) is 0 Å². The molecule has 2 aromatic rings. The monoisotopic (exact) mass is 476 g/mol. The van der Waals surface area contributed by atoms with Gasteiger partial charge < -0.3 is 10.2 Å². The van der Waals surface area contributed by atoms with Gasteiger partial charge in [0.1, 0.15) is 6.04 Å². The average molecular weight is 477 g/mol. The number of aryl methyl sites for hydroxylation is 2. The Hall–Kier alpha value is -2.04. The minimum Gasteiger partial charge on any atom is -0.352 e. The third kappa shape index (κ3) is 7.53. The van der Waals surface area contributed by atoms with Crippen LogP contribution >= 0.6 is 23.2 Å². The summed E-state index contributed by atoms with van der Waals surface area (Å²) in [4.78, 5) is 28.0. The lowest BCUT2D eigenvalue weighted by Crippen LogP contribution is -2.50. The van der Waals surface area contributed by atoms with Gasteiger partial charge in [0.25, 0.3) is 0 Å². The molecule has 4 nitrogen and oxygen atoms in total. The van der Waals surface area contributed by atoms with Crippen LogP contribution in [0.2, 0.25) is 10.0 Å². The zero-order valence-corrected chi connectivity index (χ0v) is 21.0. The van der Waals surface area contributed by atoms with Crippen LogP contribution in [0, 0.1) is 0 Å². The van der Waals surface area contributed by atoms with Gasteiger partial charge >= 0.3 is 0 Å². The molecule has 0 aliphatic heterocycles. The van der Waals surface area contributed by atoms with Crippen LogP contribution in [0.3, 0.4) is 0 Å². The van der Waals surface area contributed by atoms with E-state index in [0.717, 1.165) is 24.0 Å². The summed E-state index contributed by atoms with van der Waals surface area (Å²) in [6.45, 7) is 8.29. The standard InChI is InChI=1S/C26H34Cl2N2O2/c1-5-18(4)29-26(32)24(7-3)30(17-21-13-14-22(27)16-23(21)28)25(31)15-12-20-10-8-19(6-2)9-11-20/h8-11,13-14,16,18,24H,5-7,12,15,17H2,1-4H3,(H,29,32)/t18-,24-/m0/s1. The Bertz CT molecular complexity index is 899. The van der Waals surface area contributed by atoms with Crippen molar-refractivity contribution in [2.45, 2.75) is 78.4 Å². The number of hydrogen-bond donors (Lipinski definition) is 1. The summed E-state index contributed by atoms with van der Waals surface area (Å²) in [6, 6.07) is 13.0. The van der Waals surface area contributed by atoms with Crippen molar-refractivity contribution in [3.05, 3.63) is 69.2 Å². The lowest BCUT2D eigenvalue weighted by atomic mass is 10.0. The molecule has 0 aliphatic carbocycles. The van der Waals surface area contributed by atoms with Gasteiger partial charge in [0.2, 0.25) is 11.8 Å². The molecular weight excluding hydrogens is 443 g/mol. The van der Waals surface area contributed by atoms with Gasteiger partial charge in [-0.15, -0.1) is 0 Å². The van der Waals surface area contributed by atoms with Crippen molar-refractivity contribution in [1.82, 2.24) is 10.2 Å². The summed E-state index contributed by atoms with van der Waals surface area (Å²) in [5, 5.41) is 4.05. The molecule has 0 spiro atoms. The highest BCUT2D eigenvalue weighted by Gasteiger charge is 2.29. The van der Waals surface area contributed by atoms with Crippen LogP contribution in [-0.4, -0.2) is 28.8 Å². The van der Waals surface area contributed by atoms with Crippen LogP contribution in [0.5, 0.6) is 0 Å². The van der Waals surface area contributed by atoms with E-state index in [9.17, 15) is 9.59 Å². The van der Waals surface area contributed by atoms with E-state index in [1.54, 1.807) is 17.0 Å². The van der Waals surface area contributed by atoms with Gasteiger partial charge in [0.05, 0.1) is 0 Å². The van der Waals surface area contributed by atoms with Gasteiger partial charge in [0.15, 0.2) is 0 Å². The second-order valence-corrected chi connectivity index (χ2v) is 9.01. The predicted octanol–water partition coefficient (Wildman–Crippen LogP) is 6.21. The molecule has 0 saturated heterocycles. The maximum atomic E-state index is 13.4. The highest BCUT2D eigenvalue weighted by Crippen LogP contribution is 2.24. The Morgan fingerprint density at radius 2 is 1.62 bits per heavy atom. The number of carbonyl (C=O) groups excluding carboxylic acids is 2. The van der Waals surface area contributed by atoms with E-state index in [1.807, 2.05) is 26.8 Å². The third-order valence-electron chi connectivity index (χ3n) is 5.80. The molecule has 32 heavy (non-hydrogen) atoms. The fourth-order valence-electron chi connectivity index (χ4n) is 3.53. The van der Waals surface area contributed by atoms with Crippen LogP contribution < -0.4 is 5.32 Å². The Morgan fingerprint density at radius 3 is 2.19 bits per heavy atom. The fraction of sp³-hybridized carbons (Fsp3) is 0.462. The molecule has 0 bridgehead atoms. The molecule has 0 fully saturated rings. The molecule has 2 aromatic carbocycles. The lowest BCUT2D eigenvalue weighted by molar-refractivity contribution is -0.141. The van der Waals surface area contributed by atoms with Crippen LogP contribution in [0.25, 0.3) is 0 Å². The molecule has 6 heteroatoms. The molecule has 2 rings (SSSR count). The molecule has 0 aromatic heterocycles. The number of benzene rings is 2. The fourth-order valence-corrected chi connectivity index (χ4v) is 4.00. The van der Waals surface area contributed by atoms with E-state index in [0.29, 0.717) is 29.3 Å². The van der Waals surface area contributed by atoms with E-state index in [-0.39, 0.29) is 24.4 Å². The maximum absolute atomic E-state index is 13.4. The van der Waals surface area contributed by atoms with Gasteiger partial charge in [-0.2, -0.15) is 0 Å². The van der Waals surface area contributed by atoms with Gasteiger partial charge in [-0.3, -0.25) is 9.59 Å². The highest BCUT2D eigenvalue weighted by molar-refractivity contribution is 6.35. The number of nitrogens with zero attached hydrogens (tertiary/aromatic N) is 1.